The third-order valence-electron chi connectivity index (χ3n) is 5.92. The maximum absolute atomic E-state index is 13.3. The number of likely N-dealkylation sites (tertiary alicyclic amines) is 1. The van der Waals surface area contributed by atoms with E-state index in [0.29, 0.717) is 19.3 Å². The van der Waals surface area contributed by atoms with Gasteiger partial charge < -0.3 is 14.7 Å². The summed E-state index contributed by atoms with van der Waals surface area (Å²) in [6.07, 6.45) is 5.00. The number of carbonyl (C=O) groups excluding carboxylic acids is 2. The lowest BCUT2D eigenvalue weighted by atomic mass is 9.84. The molecule has 1 aliphatic heterocycles. The van der Waals surface area contributed by atoms with Gasteiger partial charge in [0.25, 0.3) is 0 Å². The van der Waals surface area contributed by atoms with Gasteiger partial charge in [0.05, 0.1) is 11.9 Å². The van der Waals surface area contributed by atoms with E-state index in [1.165, 1.54) is 11.8 Å². The Balaban J connectivity index is 2.26. The van der Waals surface area contributed by atoms with Crippen LogP contribution in [0.2, 0.25) is 0 Å². The first-order valence-electron chi connectivity index (χ1n) is 10.2. The Morgan fingerprint density at radius 2 is 1.93 bits per heavy atom. The molecule has 0 radical (unpaired) electrons. The standard InChI is InChI=1S/C19H31N3O6/c1-4-8-15(19(26)28-5-2)22(20-27)12(3)17(23)21-14-10-7-6-9-13(14)11-16(21)18(24)25/h12-16H,4-11H2,1-3H3,(H,24,25)/t12-,13-,14-,15+,16+/m0/s1. The number of carboxylic acid groups (broad SMARTS) is 1. The van der Waals surface area contributed by atoms with Crippen LogP contribution in [0, 0.1) is 10.8 Å². The molecule has 0 unspecified atom stereocenters. The second-order valence-corrected chi connectivity index (χ2v) is 7.64. The van der Waals surface area contributed by atoms with Crippen molar-refractivity contribution >= 4 is 17.8 Å². The first-order chi connectivity index (χ1) is 13.4. The molecule has 5 atom stereocenters. The van der Waals surface area contributed by atoms with Gasteiger partial charge in [-0.25, -0.2) is 14.6 Å². The summed E-state index contributed by atoms with van der Waals surface area (Å²) in [5.41, 5.74) is 0. The Morgan fingerprint density at radius 1 is 1.25 bits per heavy atom. The predicted molar refractivity (Wildman–Crippen MR) is 101 cm³/mol. The minimum atomic E-state index is -1.04. The monoisotopic (exact) mass is 397 g/mol. The minimum Gasteiger partial charge on any atom is -0.480 e. The molecule has 9 nitrogen and oxygen atoms in total. The molecule has 0 aromatic rings. The van der Waals surface area contributed by atoms with E-state index in [1.54, 1.807) is 6.92 Å². The number of nitroso groups, excluding NO2 is 1. The lowest BCUT2D eigenvalue weighted by Gasteiger charge is -2.37. The summed E-state index contributed by atoms with van der Waals surface area (Å²) < 4.78 is 5.04. The summed E-state index contributed by atoms with van der Waals surface area (Å²) in [6, 6.07) is -3.04. The van der Waals surface area contributed by atoms with Crippen LogP contribution in [0.25, 0.3) is 0 Å². The topological polar surface area (TPSA) is 117 Å². The van der Waals surface area contributed by atoms with Gasteiger partial charge in [-0.1, -0.05) is 26.2 Å². The molecular formula is C19H31N3O6. The van der Waals surface area contributed by atoms with E-state index in [9.17, 15) is 24.4 Å². The quantitative estimate of drug-likeness (QED) is 0.360. The number of hydrogen-bond acceptors (Lipinski definition) is 6. The molecule has 0 spiro atoms. The fourth-order valence-electron chi connectivity index (χ4n) is 4.59. The number of amides is 1. The molecule has 1 amide bonds. The molecule has 2 aliphatic rings. The second-order valence-electron chi connectivity index (χ2n) is 7.64. The molecule has 9 heteroatoms. The van der Waals surface area contributed by atoms with E-state index in [1.807, 2.05) is 6.92 Å². The molecule has 158 valence electrons. The van der Waals surface area contributed by atoms with Gasteiger partial charge in [0.15, 0.2) is 0 Å². The predicted octanol–water partition coefficient (Wildman–Crippen LogP) is 2.33. The van der Waals surface area contributed by atoms with E-state index in [0.717, 1.165) is 30.7 Å². The smallest absolute Gasteiger partial charge is 0.330 e. The van der Waals surface area contributed by atoms with Crippen LogP contribution in [0.5, 0.6) is 0 Å². The highest BCUT2D eigenvalue weighted by Crippen LogP contribution is 2.40. The van der Waals surface area contributed by atoms with Gasteiger partial charge in [0.2, 0.25) is 5.91 Å². The summed E-state index contributed by atoms with van der Waals surface area (Å²) in [5, 5.41) is 13.5. The highest BCUT2D eigenvalue weighted by molar-refractivity contribution is 5.88. The summed E-state index contributed by atoms with van der Waals surface area (Å²) in [5.74, 6) is -1.93. The molecule has 1 saturated carbocycles. The Kier molecular flexibility index (Phi) is 7.77. The van der Waals surface area contributed by atoms with Crippen LogP contribution in [0.3, 0.4) is 0 Å². The van der Waals surface area contributed by atoms with Crippen LogP contribution in [0.4, 0.5) is 0 Å². The fourth-order valence-corrected chi connectivity index (χ4v) is 4.59. The maximum Gasteiger partial charge on any atom is 0.330 e. The Hall–Kier alpha value is -2.19. The van der Waals surface area contributed by atoms with Gasteiger partial charge in [-0.3, -0.25) is 4.79 Å². The number of hydrogen-bond donors (Lipinski definition) is 1. The van der Waals surface area contributed by atoms with E-state index in [-0.39, 0.29) is 18.6 Å². The zero-order chi connectivity index (χ0) is 20.8. The van der Waals surface area contributed by atoms with Crippen molar-refractivity contribution in [3.63, 3.8) is 0 Å². The van der Waals surface area contributed by atoms with Crippen molar-refractivity contribution in [2.24, 2.45) is 11.2 Å². The van der Waals surface area contributed by atoms with Crippen molar-refractivity contribution in [3.05, 3.63) is 4.91 Å². The van der Waals surface area contributed by atoms with Gasteiger partial charge >= 0.3 is 11.9 Å². The molecule has 0 aromatic heterocycles. The fraction of sp³-hybridized carbons (Fsp3) is 0.842. The number of carbonyl (C=O) groups is 3. The number of rotatable bonds is 9. The van der Waals surface area contributed by atoms with Crippen molar-refractivity contribution in [2.45, 2.75) is 89.9 Å². The van der Waals surface area contributed by atoms with E-state index in [2.05, 4.69) is 5.29 Å². The third kappa shape index (κ3) is 4.44. The van der Waals surface area contributed by atoms with Crippen molar-refractivity contribution < 1.29 is 24.2 Å². The van der Waals surface area contributed by atoms with Gasteiger partial charge in [0, 0.05) is 6.04 Å². The van der Waals surface area contributed by atoms with Crippen molar-refractivity contribution in [3.8, 4) is 0 Å². The molecule has 0 bridgehead atoms. The van der Waals surface area contributed by atoms with Crippen LogP contribution in [0.1, 0.15) is 65.7 Å². The molecule has 0 aromatic carbocycles. The average molecular weight is 397 g/mol. The lowest BCUT2D eigenvalue weighted by Crippen LogP contribution is -2.55. The summed E-state index contributed by atoms with van der Waals surface area (Å²) >= 11 is 0. The van der Waals surface area contributed by atoms with Gasteiger partial charge in [-0.2, -0.15) is 0 Å². The summed E-state index contributed by atoms with van der Waals surface area (Å²) in [4.78, 5) is 50.4. The normalized spacial score (nSPS) is 26.1. The first kappa shape index (κ1) is 22.1. The number of esters is 1. The van der Waals surface area contributed by atoms with Gasteiger partial charge in [-0.15, -0.1) is 4.91 Å². The minimum absolute atomic E-state index is 0.134. The second kappa shape index (κ2) is 9.84. The lowest BCUT2D eigenvalue weighted by molar-refractivity contribution is -0.157. The number of ether oxygens (including phenoxy) is 1. The van der Waals surface area contributed by atoms with Crippen LogP contribution < -0.4 is 0 Å². The van der Waals surface area contributed by atoms with Gasteiger partial charge in [-0.05, 0) is 45.4 Å². The SMILES string of the molecule is CCC[C@H](C(=O)OCC)N(N=O)[C@@H](C)C(=O)N1[C@@H](C(=O)O)C[C@@H]2CCCC[C@@H]21. The van der Waals surface area contributed by atoms with Crippen LogP contribution in [-0.2, 0) is 19.1 Å². The van der Waals surface area contributed by atoms with E-state index >= 15 is 0 Å². The molecule has 28 heavy (non-hydrogen) atoms. The number of aliphatic carboxylic acids is 1. The first-order valence-corrected chi connectivity index (χ1v) is 10.2. The zero-order valence-electron chi connectivity index (χ0n) is 16.9. The summed E-state index contributed by atoms with van der Waals surface area (Å²) in [7, 11) is 0. The zero-order valence-corrected chi connectivity index (χ0v) is 16.9. The number of fused-ring (bicyclic) bond motifs is 1. The molecule has 1 aliphatic carbocycles. The maximum atomic E-state index is 13.3. The van der Waals surface area contributed by atoms with Crippen molar-refractivity contribution in [1.29, 1.82) is 0 Å². The molecular weight excluding hydrogens is 366 g/mol. The molecule has 1 saturated heterocycles. The Labute approximate surface area is 165 Å². The Morgan fingerprint density at radius 3 is 2.50 bits per heavy atom. The number of carboxylic acids is 1. The third-order valence-corrected chi connectivity index (χ3v) is 5.92. The molecule has 2 fully saturated rings. The Bertz CT molecular complexity index is 598. The van der Waals surface area contributed by atoms with Crippen LogP contribution >= 0.6 is 0 Å². The van der Waals surface area contributed by atoms with E-state index in [4.69, 9.17) is 4.74 Å². The summed E-state index contributed by atoms with van der Waals surface area (Å²) in [6.45, 7) is 5.18. The van der Waals surface area contributed by atoms with Crippen molar-refractivity contribution in [2.75, 3.05) is 6.61 Å². The highest BCUT2D eigenvalue weighted by atomic mass is 16.5. The molecule has 1 heterocycles. The average Bonchev–Trinajstić information content (AvgIpc) is 3.07. The van der Waals surface area contributed by atoms with Gasteiger partial charge in [0.1, 0.15) is 18.1 Å². The van der Waals surface area contributed by atoms with E-state index < -0.39 is 36.0 Å². The van der Waals surface area contributed by atoms with Crippen LogP contribution in [-0.4, -0.2) is 63.6 Å². The highest BCUT2D eigenvalue weighted by Gasteiger charge is 2.49. The molecule has 1 N–H and O–H groups in total. The number of nitrogens with zero attached hydrogens (tertiary/aromatic N) is 3. The molecule has 2 rings (SSSR count). The van der Waals surface area contributed by atoms with Crippen molar-refractivity contribution in [1.82, 2.24) is 9.91 Å². The van der Waals surface area contributed by atoms with Crippen LogP contribution in [0.15, 0.2) is 5.29 Å². The largest absolute Gasteiger partial charge is 0.480 e.